The highest BCUT2D eigenvalue weighted by atomic mass is 15.5. The molecule has 0 saturated carbocycles. The highest BCUT2D eigenvalue weighted by Gasteiger charge is 2.05. The maximum absolute atomic E-state index is 4.22. The van der Waals surface area contributed by atoms with Gasteiger partial charge in [-0.1, -0.05) is 6.07 Å². The van der Waals surface area contributed by atoms with Crippen molar-refractivity contribution in [3.63, 3.8) is 0 Å². The average Bonchev–Trinajstić information content (AvgIpc) is 2.53. The van der Waals surface area contributed by atoms with E-state index >= 15 is 0 Å². The van der Waals surface area contributed by atoms with Gasteiger partial charge in [-0.15, -0.1) is 5.10 Å². The van der Waals surface area contributed by atoms with Gasteiger partial charge in [-0.2, -0.15) is 0 Å². The molecular weight excluding hydrogens is 166 g/mol. The first kappa shape index (κ1) is 7.85. The zero-order chi connectivity index (χ0) is 9.26. The van der Waals surface area contributed by atoms with Crippen molar-refractivity contribution in [3.05, 3.63) is 23.9 Å². The lowest BCUT2D eigenvalue weighted by molar-refractivity contribution is 0.713. The van der Waals surface area contributed by atoms with Gasteiger partial charge in [0.05, 0.1) is 0 Å². The van der Waals surface area contributed by atoms with Crippen LogP contribution in [0.2, 0.25) is 0 Å². The standard InChI is InChI=1S/C8H9N5/c1-6-3-4-7(9-5-6)8-10-11-12-13(8)2/h3-5H,1-2H3. The molecule has 66 valence electrons. The van der Waals surface area contributed by atoms with Gasteiger partial charge >= 0.3 is 0 Å². The number of pyridine rings is 1. The quantitative estimate of drug-likeness (QED) is 0.636. The highest BCUT2D eigenvalue weighted by molar-refractivity contribution is 5.47. The maximum atomic E-state index is 4.22. The smallest absolute Gasteiger partial charge is 0.200 e. The molecule has 0 N–H and O–H groups in total. The highest BCUT2D eigenvalue weighted by Crippen LogP contribution is 2.10. The van der Waals surface area contributed by atoms with Crippen molar-refractivity contribution < 1.29 is 0 Å². The molecule has 0 fully saturated rings. The van der Waals surface area contributed by atoms with Gasteiger partial charge in [0, 0.05) is 13.2 Å². The molecule has 5 heteroatoms. The Balaban J connectivity index is 2.47. The van der Waals surface area contributed by atoms with E-state index in [1.807, 2.05) is 19.1 Å². The van der Waals surface area contributed by atoms with Crippen LogP contribution in [-0.4, -0.2) is 25.2 Å². The van der Waals surface area contributed by atoms with E-state index in [-0.39, 0.29) is 0 Å². The Morgan fingerprint density at radius 1 is 1.31 bits per heavy atom. The molecule has 0 bridgehead atoms. The fraction of sp³-hybridized carbons (Fsp3) is 0.250. The molecule has 0 atom stereocenters. The molecule has 0 radical (unpaired) electrons. The van der Waals surface area contributed by atoms with E-state index in [4.69, 9.17) is 0 Å². The lowest BCUT2D eigenvalue weighted by Crippen LogP contribution is -1.96. The van der Waals surface area contributed by atoms with Crippen LogP contribution in [0.15, 0.2) is 18.3 Å². The van der Waals surface area contributed by atoms with Crippen LogP contribution in [0.5, 0.6) is 0 Å². The number of aromatic nitrogens is 5. The van der Waals surface area contributed by atoms with Gasteiger partial charge in [-0.25, -0.2) is 4.68 Å². The third-order valence-electron chi connectivity index (χ3n) is 1.76. The first-order valence-corrected chi connectivity index (χ1v) is 3.93. The van der Waals surface area contributed by atoms with E-state index in [1.165, 1.54) is 0 Å². The molecule has 0 spiro atoms. The van der Waals surface area contributed by atoms with Crippen LogP contribution in [0.4, 0.5) is 0 Å². The lowest BCUT2D eigenvalue weighted by atomic mass is 10.3. The van der Waals surface area contributed by atoms with Crippen molar-refractivity contribution in [2.45, 2.75) is 6.92 Å². The van der Waals surface area contributed by atoms with E-state index in [9.17, 15) is 0 Å². The van der Waals surface area contributed by atoms with Gasteiger partial charge in [0.2, 0.25) is 0 Å². The molecule has 0 aliphatic heterocycles. The SMILES string of the molecule is Cc1ccc(-c2nnnn2C)nc1. The van der Waals surface area contributed by atoms with Crippen LogP contribution in [-0.2, 0) is 7.05 Å². The zero-order valence-corrected chi connectivity index (χ0v) is 7.47. The van der Waals surface area contributed by atoms with Crippen LogP contribution in [0, 0.1) is 6.92 Å². The second-order valence-electron chi connectivity index (χ2n) is 2.85. The average molecular weight is 175 g/mol. The Hall–Kier alpha value is -1.78. The molecule has 5 nitrogen and oxygen atoms in total. The molecule has 0 aromatic carbocycles. The van der Waals surface area contributed by atoms with E-state index in [0.717, 1.165) is 11.3 Å². The Kier molecular flexibility index (Phi) is 1.77. The molecule has 2 aromatic rings. The second kappa shape index (κ2) is 2.93. The van der Waals surface area contributed by atoms with Crippen molar-refractivity contribution in [1.82, 2.24) is 25.2 Å². The zero-order valence-electron chi connectivity index (χ0n) is 7.47. The minimum absolute atomic E-state index is 0.681. The number of hydrogen-bond acceptors (Lipinski definition) is 4. The molecule has 2 rings (SSSR count). The first-order valence-electron chi connectivity index (χ1n) is 3.93. The third-order valence-corrected chi connectivity index (χ3v) is 1.76. The van der Waals surface area contributed by atoms with E-state index in [0.29, 0.717) is 5.82 Å². The molecule has 0 amide bonds. The molecule has 2 aromatic heterocycles. The van der Waals surface area contributed by atoms with Crippen LogP contribution in [0.25, 0.3) is 11.5 Å². The van der Waals surface area contributed by atoms with Gasteiger partial charge in [0.15, 0.2) is 5.82 Å². The molecule has 0 aliphatic carbocycles. The van der Waals surface area contributed by atoms with Gasteiger partial charge in [0.1, 0.15) is 5.69 Å². The van der Waals surface area contributed by atoms with Gasteiger partial charge in [-0.3, -0.25) is 4.98 Å². The van der Waals surface area contributed by atoms with Crippen LogP contribution in [0.3, 0.4) is 0 Å². The summed E-state index contributed by atoms with van der Waals surface area (Å²) in [5.74, 6) is 0.681. The Bertz CT molecular complexity index is 403. The molecule has 0 unspecified atom stereocenters. The summed E-state index contributed by atoms with van der Waals surface area (Å²) >= 11 is 0. The maximum Gasteiger partial charge on any atom is 0.200 e. The molecular formula is C8H9N5. The van der Waals surface area contributed by atoms with Crippen molar-refractivity contribution in [1.29, 1.82) is 0 Å². The minimum atomic E-state index is 0.681. The largest absolute Gasteiger partial charge is 0.253 e. The molecule has 13 heavy (non-hydrogen) atoms. The summed E-state index contributed by atoms with van der Waals surface area (Å²) in [5.41, 5.74) is 1.91. The molecule has 0 saturated heterocycles. The van der Waals surface area contributed by atoms with Crippen molar-refractivity contribution in [3.8, 4) is 11.5 Å². The number of aryl methyl sites for hydroxylation is 2. The summed E-state index contributed by atoms with van der Waals surface area (Å²) in [6.07, 6.45) is 1.80. The fourth-order valence-electron chi connectivity index (χ4n) is 1.05. The van der Waals surface area contributed by atoms with Gasteiger partial charge in [0.25, 0.3) is 0 Å². The Morgan fingerprint density at radius 2 is 2.15 bits per heavy atom. The van der Waals surface area contributed by atoms with Gasteiger partial charge in [-0.05, 0) is 29.0 Å². The molecule has 2 heterocycles. The third kappa shape index (κ3) is 1.40. The topological polar surface area (TPSA) is 56.5 Å². The fourth-order valence-corrected chi connectivity index (χ4v) is 1.05. The summed E-state index contributed by atoms with van der Waals surface area (Å²) in [6.45, 7) is 1.99. The van der Waals surface area contributed by atoms with E-state index in [1.54, 1.807) is 17.9 Å². The normalized spacial score (nSPS) is 10.3. The van der Waals surface area contributed by atoms with Crippen LogP contribution in [0.1, 0.15) is 5.56 Å². The Morgan fingerprint density at radius 3 is 2.69 bits per heavy atom. The summed E-state index contributed by atoms with van der Waals surface area (Å²) in [5, 5.41) is 11.1. The van der Waals surface area contributed by atoms with Crippen molar-refractivity contribution in [2.75, 3.05) is 0 Å². The monoisotopic (exact) mass is 175 g/mol. The van der Waals surface area contributed by atoms with Gasteiger partial charge < -0.3 is 0 Å². The van der Waals surface area contributed by atoms with Crippen LogP contribution >= 0.6 is 0 Å². The van der Waals surface area contributed by atoms with Crippen LogP contribution < -0.4 is 0 Å². The minimum Gasteiger partial charge on any atom is -0.253 e. The van der Waals surface area contributed by atoms with E-state index in [2.05, 4.69) is 20.5 Å². The predicted molar refractivity (Wildman–Crippen MR) is 46.8 cm³/mol. The lowest BCUT2D eigenvalue weighted by Gasteiger charge is -1.97. The number of tetrazole rings is 1. The first-order chi connectivity index (χ1) is 6.27. The number of hydrogen-bond donors (Lipinski definition) is 0. The number of nitrogens with zero attached hydrogens (tertiary/aromatic N) is 5. The second-order valence-corrected chi connectivity index (χ2v) is 2.85. The molecule has 0 aliphatic rings. The predicted octanol–water partition coefficient (Wildman–Crippen LogP) is 0.581. The number of rotatable bonds is 1. The Labute approximate surface area is 75.4 Å². The summed E-state index contributed by atoms with van der Waals surface area (Å²) in [4.78, 5) is 4.22. The summed E-state index contributed by atoms with van der Waals surface area (Å²) < 4.78 is 1.59. The summed E-state index contributed by atoms with van der Waals surface area (Å²) in [6, 6.07) is 3.89. The van der Waals surface area contributed by atoms with Crippen molar-refractivity contribution >= 4 is 0 Å². The summed E-state index contributed by atoms with van der Waals surface area (Å²) in [7, 11) is 1.79. The van der Waals surface area contributed by atoms with Crippen molar-refractivity contribution in [2.24, 2.45) is 7.05 Å². The van der Waals surface area contributed by atoms with E-state index < -0.39 is 0 Å².